The summed E-state index contributed by atoms with van der Waals surface area (Å²) >= 11 is 0. The molecular weight excluding hydrogens is 464 g/mol. The van der Waals surface area contributed by atoms with Crippen molar-refractivity contribution in [3.63, 3.8) is 0 Å². The monoisotopic (exact) mass is 512 g/mol. The molecule has 37 heavy (non-hydrogen) atoms. The van der Waals surface area contributed by atoms with Crippen LogP contribution in [0.3, 0.4) is 0 Å². The summed E-state index contributed by atoms with van der Waals surface area (Å²) in [6, 6.07) is 0. The number of ether oxygens (including phenoxy) is 2. The number of hydrogen-bond acceptors (Lipinski definition) is 5. The molecule has 2 bridgehead atoms. The van der Waals surface area contributed by atoms with Gasteiger partial charge in [-0.1, -0.05) is 47.6 Å². The van der Waals surface area contributed by atoms with Crippen LogP contribution in [0.4, 0.5) is 0 Å². The predicted molar refractivity (Wildman–Crippen MR) is 141 cm³/mol. The summed E-state index contributed by atoms with van der Waals surface area (Å²) in [7, 11) is 0. The van der Waals surface area contributed by atoms with Crippen molar-refractivity contribution in [3.8, 4) is 0 Å². The zero-order valence-corrected chi connectivity index (χ0v) is 24.3. The zero-order valence-electron chi connectivity index (χ0n) is 24.3. The number of carbonyl (C=O) groups is 2. The maximum absolute atomic E-state index is 13.7. The normalized spacial score (nSPS) is 57.3. The van der Waals surface area contributed by atoms with Crippen molar-refractivity contribution in [2.45, 2.75) is 124 Å². The number of hydrogen-bond donors (Lipinski definition) is 1. The second-order valence-electron chi connectivity index (χ2n) is 15.6. The maximum Gasteiger partial charge on any atom is 0.313 e. The van der Waals surface area contributed by atoms with Gasteiger partial charge in [0.25, 0.3) is 0 Å². The SMILES string of the molecule is CC(=O)O[C@H]1CC[C@]2(C)[C@H]3C=C[C@@]45OC(=O)[C@]6(CC[C@@]4(C)[C@]3(C)CC[C@H]2C1(C)C)CC[C@](C)(O)[C@H](C)[C@H]65. The Morgan fingerprint density at radius 2 is 1.68 bits per heavy atom. The molecule has 0 amide bonds. The van der Waals surface area contributed by atoms with Crippen molar-refractivity contribution in [2.75, 3.05) is 0 Å². The van der Waals surface area contributed by atoms with Crippen LogP contribution in [0, 0.1) is 50.7 Å². The van der Waals surface area contributed by atoms with Crippen molar-refractivity contribution in [1.29, 1.82) is 0 Å². The highest BCUT2D eigenvalue weighted by Gasteiger charge is 2.81. The Kier molecular flexibility index (Phi) is 5.06. The Morgan fingerprint density at radius 3 is 2.35 bits per heavy atom. The molecule has 1 heterocycles. The van der Waals surface area contributed by atoms with E-state index in [2.05, 4.69) is 53.7 Å². The van der Waals surface area contributed by atoms with Gasteiger partial charge in [-0.05, 0) is 93.0 Å². The van der Waals surface area contributed by atoms with Crippen LogP contribution in [0.15, 0.2) is 12.2 Å². The molecule has 5 aliphatic carbocycles. The average Bonchev–Trinajstić information content (AvgIpc) is 2.99. The van der Waals surface area contributed by atoms with Gasteiger partial charge < -0.3 is 14.6 Å². The molecule has 1 N–H and O–H groups in total. The van der Waals surface area contributed by atoms with Gasteiger partial charge in [-0.25, -0.2) is 0 Å². The van der Waals surface area contributed by atoms with Crippen LogP contribution in [0.5, 0.6) is 0 Å². The molecular formula is C32H48O5. The Bertz CT molecular complexity index is 1080. The molecule has 0 aromatic heterocycles. The minimum absolute atomic E-state index is 0.00528. The predicted octanol–water partition coefficient (Wildman–Crippen LogP) is 6.23. The van der Waals surface area contributed by atoms with E-state index in [1.807, 2.05) is 6.92 Å². The smallest absolute Gasteiger partial charge is 0.313 e. The van der Waals surface area contributed by atoms with E-state index in [0.29, 0.717) is 18.3 Å². The van der Waals surface area contributed by atoms with Crippen LogP contribution in [-0.4, -0.2) is 34.4 Å². The van der Waals surface area contributed by atoms with Crippen LogP contribution >= 0.6 is 0 Å². The first-order valence-corrected chi connectivity index (χ1v) is 14.8. The van der Waals surface area contributed by atoms with E-state index in [9.17, 15) is 14.7 Å². The number of carbonyl (C=O) groups excluding carboxylic acids is 2. The number of allylic oxidation sites excluding steroid dienone is 1. The largest absolute Gasteiger partial charge is 0.462 e. The van der Waals surface area contributed by atoms with Gasteiger partial charge in [-0.3, -0.25) is 9.59 Å². The molecule has 5 heteroatoms. The molecule has 0 radical (unpaired) electrons. The van der Waals surface area contributed by atoms with Gasteiger partial charge in [0.2, 0.25) is 0 Å². The van der Waals surface area contributed by atoms with E-state index < -0.39 is 16.6 Å². The van der Waals surface area contributed by atoms with Crippen molar-refractivity contribution >= 4 is 11.9 Å². The fourth-order valence-corrected chi connectivity index (χ4v) is 11.8. The van der Waals surface area contributed by atoms with Gasteiger partial charge in [-0.2, -0.15) is 0 Å². The number of fused-ring (bicyclic) bond motifs is 4. The highest BCUT2D eigenvalue weighted by atomic mass is 16.6. The lowest BCUT2D eigenvalue weighted by Gasteiger charge is -2.72. The van der Waals surface area contributed by atoms with Crippen molar-refractivity contribution in [2.24, 2.45) is 50.7 Å². The number of aliphatic hydroxyl groups is 1. The van der Waals surface area contributed by atoms with Gasteiger partial charge in [0.15, 0.2) is 0 Å². The van der Waals surface area contributed by atoms with Crippen molar-refractivity contribution < 1.29 is 24.2 Å². The van der Waals surface area contributed by atoms with Crippen molar-refractivity contribution in [1.82, 2.24) is 0 Å². The van der Waals surface area contributed by atoms with E-state index in [1.54, 1.807) is 0 Å². The van der Waals surface area contributed by atoms with E-state index in [1.165, 1.54) is 6.92 Å². The van der Waals surface area contributed by atoms with Gasteiger partial charge in [0.1, 0.15) is 11.7 Å². The summed E-state index contributed by atoms with van der Waals surface area (Å²) in [5.74, 6) is 0.603. The summed E-state index contributed by atoms with van der Waals surface area (Å²) in [5.41, 5.74) is -2.16. The van der Waals surface area contributed by atoms with Gasteiger partial charge >= 0.3 is 11.9 Å². The second-order valence-corrected chi connectivity index (χ2v) is 15.6. The molecule has 5 nitrogen and oxygen atoms in total. The fourth-order valence-electron chi connectivity index (χ4n) is 11.8. The lowest BCUT2D eigenvalue weighted by molar-refractivity contribution is -0.254. The first kappa shape index (κ1) is 25.9. The first-order chi connectivity index (χ1) is 17.0. The highest BCUT2D eigenvalue weighted by molar-refractivity contribution is 5.82. The Balaban J connectivity index is 1.47. The van der Waals surface area contributed by atoms with E-state index in [0.717, 1.165) is 44.9 Å². The van der Waals surface area contributed by atoms with Crippen LogP contribution < -0.4 is 0 Å². The summed E-state index contributed by atoms with van der Waals surface area (Å²) < 4.78 is 12.5. The molecule has 5 fully saturated rings. The third-order valence-corrected chi connectivity index (χ3v) is 14.1. The van der Waals surface area contributed by atoms with E-state index in [-0.39, 0.29) is 51.5 Å². The van der Waals surface area contributed by atoms with Gasteiger partial charge in [0.05, 0.1) is 11.0 Å². The zero-order chi connectivity index (χ0) is 27.0. The van der Waals surface area contributed by atoms with Crippen LogP contribution in [-0.2, 0) is 19.1 Å². The molecule has 4 saturated carbocycles. The quantitative estimate of drug-likeness (QED) is 0.333. The minimum atomic E-state index is -0.790. The average molecular weight is 513 g/mol. The second kappa shape index (κ2) is 7.23. The van der Waals surface area contributed by atoms with Crippen molar-refractivity contribution in [3.05, 3.63) is 12.2 Å². The molecule has 6 rings (SSSR count). The Labute approximate surface area is 223 Å². The first-order valence-electron chi connectivity index (χ1n) is 14.8. The fraction of sp³-hybridized carbons (Fsp3) is 0.875. The summed E-state index contributed by atoms with van der Waals surface area (Å²) in [6.07, 6.45) is 12.0. The highest BCUT2D eigenvalue weighted by Crippen LogP contribution is 2.79. The molecule has 1 aliphatic heterocycles. The molecule has 11 atom stereocenters. The molecule has 6 aliphatic rings. The van der Waals surface area contributed by atoms with Crippen LogP contribution in [0.1, 0.15) is 107 Å². The van der Waals surface area contributed by atoms with Gasteiger partial charge in [-0.15, -0.1) is 0 Å². The summed E-state index contributed by atoms with van der Waals surface area (Å²) in [6.45, 7) is 17.7. The standard InChI is InChI=1S/C32H48O5/c1-19-24-31(17-15-29(19,7)35)18-16-30(8)28(6)13-9-21-26(3,4)23(36-20(2)33)11-12-27(21,5)22(28)10-14-32(24,30)37-25(31)34/h10,14,19,21-24,35H,9,11-13,15-18H2,1-8H3/t19-,21+,22-,23+,24-,27+,28-,29+,30+,31+,32+/m1/s1. The molecule has 206 valence electrons. The lowest BCUT2D eigenvalue weighted by Crippen LogP contribution is -2.71. The third-order valence-electron chi connectivity index (χ3n) is 14.1. The third kappa shape index (κ3) is 2.76. The Morgan fingerprint density at radius 1 is 1.00 bits per heavy atom. The minimum Gasteiger partial charge on any atom is -0.462 e. The van der Waals surface area contributed by atoms with Crippen LogP contribution in [0.2, 0.25) is 0 Å². The topological polar surface area (TPSA) is 72.8 Å². The molecule has 0 aromatic carbocycles. The molecule has 1 spiro atoms. The maximum atomic E-state index is 13.7. The van der Waals surface area contributed by atoms with Gasteiger partial charge in [0, 0.05) is 23.7 Å². The molecule has 0 unspecified atom stereocenters. The summed E-state index contributed by atoms with van der Waals surface area (Å²) in [4.78, 5) is 25.7. The molecule has 0 aromatic rings. The van der Waals surface area contributed by atoms with E-state index in [4.69, 9.17) is 9.47 Å². The summed E-state index contributed by atoms with van der Waals surface area (Å²) in [5, 5.41) is 11.4. The number of esters is 2. The molecule has 1 saturated heterocycles. The lowest BCUT2D eigenvalue weighted by atomic mass is 9.32. The number of rotatable bonds is 1. The van der Waals surface area contributed by atoms with Crippen LogP contribution in [0.25, 0.3) is 0 Å². The Hall–Kier alpha value is -1.36. The van der Waals surface area contributed by atoms with E-state index >= 15 is 0 Å².